The van der Waals surface area contributed by atoms with Crippen LogP contribution in [0.15, 0.2) is 30.3 Å². The van der Waals surface area contributed by atoms with Crippen LogP contribution in [0.25, 0.3) is 0 Å². The maximum Gasteiger partial charge on any atom is 0.0875 e. The molecule has 4 heteroatoms. The van der Waals surface area contributed by atoms with Crippen LogP contribution in [0.1, 0.15) is 25.8 Å². The first-order chi connectivity index (χ1) is 9.06. The van der Waals surface area contributed by atoms with Crippen molar-refractivity contribution in [2.24, 2.45) is 0 Å². The molecule has 0 aliphatic rings. The normalized spacial score (nSPS) is 12.1. The van der Waals surface area contributed by atoms with E-state index in [0.717, 1.165) is 25.3 Å². The zero-order valence-corrected chi connectivity index (χ0v) is 13.0. The van der Waals surface area contributed by atoms with Gasteiger partial charge in [-0.2, -0.15) is 17.7 Å². The van der Waals surface area contributed by atoms with Gasteiger partial charge >= 0.3 is 0 Å². The summed E-state index contributed by atoms with van der Waals surface area (Å²) in [4.78, 5) is 5.41. The van der Waals surface area contributed by atoms with Gasteiger partial charge in [0.05, 0.1) is 12.2 Å². The van der Waals surface area contributed by atoms with Crippen LogP contribution < -0.4 is 0 Å². The van der Waals surface area contributed by atoms with Crippen LogP contribution in [0, 0.1) is 0 Å². The molecule has 1 aromatic carbocycles. The summed E-state index contributed by atoms with van der Waals surface area (Å²) in [5, 5.41) is 1.84. The second-order valence-corrected chi connectivity index (χ2v) is 5.43. The van der Waals surface area contributed by atoms with E-state index in [1.54, 1.807) is 0 Å². The summed E-state index contributed by atoms with van der Waals surface area (Å²) in [7, 11) is 1.94. The van der Waals surface area contributed by atoms with Gasteiger partial charge in [-0.3, -0.25) is 4.84 Å². The first-order valence-electron chi connectivity index (χ1n) is 6.70. The first-order valence-corrected chi connectivity index (χ1v) is 7.34. The number of hydroxylamine groups is 2. The van der Waals surface area contributed by atoms with Gasteiger partial charge in [0.15, 0.2) is 0 Å². The molecule has 0 saturated carbocycles. The molecule has 108 valence electrons. The van der Waals surface area contributed by atoms with Crippen LogP contribution in [0.5, 0.6) is 0 Å². The number of nitrogens with zero attached hydrogens (tertiary/aromatic N) is 1. The minimum atomic E-state index is -0.244. The molecule has 1 aromatic rings. The van der Waals surface area contributed by atoms with Crippen molar-refractivity contribution in [2.75, 3.05) is 32.6 Å². The van der Waals surface area contributed by atoms with Crippen molar-refractivity contribution in [3.63, 3.8) is 0 Å². The number of hydrogen-bond donors (Lipinski definition) is 1. The average molecular weight is 283 g/mol. The number of ether oxygens (including phenoxy) is 1. The summed E-state index contributed by atoms with van der Waals surface area (Å²) in [6.45, 7) is 6.43. The van der Waals surface area contributed by atoms with Crippen molar-refractivity contribution in [1.29, 1.82) is 0 Å². The van der Waals surface area contributed by atoms with E-state index in [4.69, 9.17) is 9.57 Å². The third kappa shape index (κ3) is 6.43. The molecule has 0 unspecified atom stereocenters. The summed E-state index contributed by atoms with van der Waals surface area (Å²) in [5.74, 6) is 0.738. The largest absolute Gasteiger partial charge is 0.371 e. The molecule has 3 nitrogen and oxygen atoms in total. The van der Waals surface area contributed by atoms with Crippen molar-refractivity contribution in [1.82, 2.24) is 5.06 Å². The van der Waals surface area contributed by atoms with Crippen molar-refractivity contribution in [2.45, 2.75) is 25.9 Å². The Morgan fingerprint density at radius 1 is 1.16 bits per heavy atom. The van der Waals surface area contributed by atoms with Crippen molar-refractivity contribution in [3.8, 4) is 0 Å². The second kappa shape index (κ2) is 8.59. The van der Waals surface area contributed by atoms with Crippen molar-refractivity contribution < 1.29 is 9.57 Å². The first kappa shape index (κ1) is 16.5. The van der Waals surface area contributed by atoms with E-state index < -0.39 is 0 Å². The van der Waals surface area contributed by atoms with Crippen LogP contribution in [0.3, 0.4) is 0 Å². The number of thiol groups is 1. The highest BCUT2D eigenvalue weighted by Crippen LogP contribution is 2.24. The lowest BCUT2D eigenvalue weighted by Gasteiger charge is -2.26. The molecule has 0 radical (unpaired) electrons. The molecular formula is C15H25NO2S. The van der Waals surface area contributed by atoms with E-state index in [1.165, 1.54) is 5.56 Å². The Morgan fingerprint density at radius 3 is 2.47 bits per heavy atom. The molecule has 0 amide bonds. The van der Waals surface area contributed by atoms with E-state index in [2.05, 4.69) is 38.6 Å². The summed E-state index contributed by atoms with van der Waals surface area (Å²) in [6, 6.07) is 10.3. The van der Waals surface area contributed by atoms with E-state index in [9.17, 15) is 0 Å². The summed E-state index contributed by atoms with van der Waals surface area (Å²) in [5.41, 5.74) is 0.959. The SMILES string of the molecule is CN(CCCOC(C)(C)c1ccccc1)OCCS. The highest BCUT2D eigenvalue weighted by molar-refractivity contribution is 7.80. The molecule has 0 spiro atoms. The third-order valence-corrected chi connectivity index (χ3v) is 3.13. The highest BCUT2D eigenvalue weighted by atomic mass is 32.1. The second-order valence-electron chi connectivity index (χ2n) is 4.99. The van der Waals surface area contributed by atoms with E-state index in [-0.39, 0.29) is 5.60 Å². The topological polar surface area (TPSA) is 21.7 Å². The summed E-state index contributed by atoms with van der Waals surface area (Å²) < 4.78 is 5.97. The van der Waals surface area contributed by atoms with Gasteiger partial charge in [-0.1, -0.05) is 30.3 Å². The molecule has 0 atom stereocenters. The Bertz CT molecular complexity index is 343. The van der Waals surface area contributed by atoms with Gasteiger partial charge in [-0.15, -0.1) is 0 Å². The van der Waals surface area contributed by atoms with Gasteiger partial charge in [0.2, 0.25) is 0 Å². The lowest BCUT2D eigenvalue weighted by molar-refractivity contribution is -0.138. The molecule has 0 fully saturated rings. The number of benzene rings is 1. The minimum absolute atomic E-state index is 0.244. The minimum Gasteiger partial charge on any atom is -0.371 e. The van der Waals surface area contributed by atoms with Crippen LogP contribution >= 0.6 is 12.6 Å². The van der Waals surface area contributed by atoms with Gasteiger partial charge in [0, 0.05) is 26.0 Å². The van der Waals surface area contributed by atoms with E-state index in [1.807, 2.05) is 30.3 Å². The van der Waals surface area contributed by atoms with Gasteiger partial charge in [0.25, 0.3) is 0 Å². The maximum atomic E-state index is 5.97. The van der Waals surface area contributed by atoms with Gasteiger partial charge < -0.3 is 4.74 Å². The maximum absolute atomic E-state index is 5.97. The number of rotatable bonds is 9. The lowest BCUT2D eigenvalue weighted by Crippen LogP contribution is -2.26. The Labute approximate surface area is 122 Å². The smallest absolute Gasteiger partial charge is 0.0875 e. The fourth-order valence-corrected chi connectivity index (χ4v) is 1.88. The molecule has 1 rings (SSSR count). The highest BCUT2D eigenvalue weighted by Gasteiger charge is 2.20. The van der Waals surface area contributed by atoms with Crippen LogP contribution in [0.4, 0.5) is 0 Å². The molecule has 0 saturated heterocycles. The molecule has 19 heavy (non-hydrogen) atoms. The van der Waals surface area contributed by atoms with Crippen molar-refractivity contribution >= 4 is 12.6 Å². The Morgan fingerprint density at radius 2 is 1.84 bits per heavy atom. The Hall–Kier alpha value is -0.550. The fraction of sp³-hybridized carbons (Fsp3) is 0.600. The zero-order valence-electron chi connectivity index (χ0n) is 12.1. The molecule has 0 heterocycles. The zero-order chi connectivity index (χ0) is 14.1. The van der Waals surface area contributed by atoms with E-state index >= 15 is 0 Å². The molecule has 0 aliphatic heterocycles. The fourth-order valence-electron chi connectivity index (χ4n) is 1.80. The summed E-state index contributed by atoms with van der Waals surface area (Å²) >= 11 is 4.11. The van der Waals surface area contributed by atoms with E-state index in [0.29, 0.717) is 6.61 Å². The Balaban J connectivity index is 2.25. The predicted octanol–water partition coefficient (Wildman–Crippen LogP) is 3.12. The third-order valence-electron chi connectivity index (χ3n) is 2.95. The van der Waals surface area contributed by atoms with Crippen LogP contribution in [0.2, 0.25) is 0 Å². The van der Waals surface area contributed by atoms with Gasteiger partial charge in [-0.25, -0.2) is 0 Å². The van der Waals surface area contributed by atoms with Crippen molar-refractivity contribution in [3.05, 3.63) is 35.9 Å². The summed E-state index contributed by atoms with van der Waals surface area (Å²) in [6.07, 6.45) is 0.944. The molecular weight excluding hydrogens is 258 g/mol. The Kier molecular flexibility index (Phi) is 7.46. The standard InChI is InChI=1S/C15H25NO2S/c1-15(2,14-8-5-4-6-9-14)17-11-7-10-16(3)18-12-13-19/h4-6,8-9,19H,7,10-13H2,1-3H3. The monoisotopic (exact) mass is 283 g/mol. The molecule has 0 aliphatic carbocycles. The van der Waals surface area contributed by atoms with Gasteiger partial charge in [-0.05, 0) is 25.8 Å². The quantitative estimate of drug-likeness (QED) is 0.427. The van der Waals surface area contributed by atoms with Crippen LogP contribution in [-0.4, -0.2) is 37.6 Å². The molecule has 0 aromatic heterocycles. The van der Waals surface area contributed by atoms with Gasteiger partial charge in [0.1, 0.15) is 0 Å². The molecule has 0 N–H and O–H groups in total. The number of hydrogen-bond acceptors (Lipinski definition) is 4. The lowest BCUT2D eigenvalue weighted by atomic mass is 9.98. The predicted molar refractivity (Wildman–Crippen MR) is 82.5 cm³/mol. The molecule has 0 bridgehead atoms. The average Bonchev–Trinajstić information content (AvgIpc) is 2.42. The van der Waals surface area contributed by atoms with Crippen LogP contribution in [-0.2, 0) is 15.2 Å².